The quantitative estimate of drug-likeness (QED) is 0.581. The molecule has 1 saturated carbocycles. The molecule has 0 atom stereocenters. The summed E-state index contributed by atoms with van der Waals surface area (Å²) in [5.41, 5.74) is 0.990. The highest BCUT2D eigenvalue weighted by Crippen LogP contribution is 2.36. The van der Waals surface area contributed by atoms with Gasteiger partial charge in [-0.05, 0) is 37.1 Å². The van der Waals surface area contributed by atoms with E-state index in [0.29, 0.717) is 33.4 Å². The van der Waals surface area contributed by atoms with Crippen molar-refractivity contribution in [3.05, 3.63) is 58.4 Å². The highest BCUT2D eigenvalue weighted by atomic mass is 35.5. The average Bonchev–Trinajstić information content (AvgIpc) is 3.56. The van der Waals surface area contributed by atoms with Crippen LogP contribution in [0.5, 0.6) is 17.2 Å². The van der Waals surface area contributed by atoms with E-state index in [4.69, 9.17) is 25.8 Å². The first-order chi connectivity index (χ1) is 14.0. The lowest BCUT2D eigenvalue weighted by molar-refractivity contribution is -0.127. The predicted octanol–water partition coefficient (Wildman–Crippen LogP) is 4.71. The SMILES string of the molecule is COc1cc(OC)c(OC)cc1/C=C/C(=O)N(Cc1c(F)cccc1Cl)C1CC1. The zero-order chi connectivity index (χ0) is 21.0. The molecule has 1 aliphatic rings. The standard InChI is InChI=1S/C22H23ClFNO4/c1-27-19-12-21(29-3)20(28-2)11-14(19)7-10-22(26)25(15-8-9-15)13-16-17(23)5-4-6-18(16)24/h4-7,10-12,15H,8-9,13H2,1-3H3/b10-7+. The lowest BCUT2D eigenvalue weighted by Crippen LogP contribution is -2.31. The summed E-state index contributed by atoms with van der Waals surface area (Å²) >= 11 is 6.14. The van der Waals surface area contributed by atoms with Gasteiger partial charge in [-0.3, -0.25) is 4.79 Å². The number of carbonyl (C=O) groups excluding carboxylic acids is 1. The first-order valence-corrected chi connectivity index (χ1v) is 9.57. The molecule has 3 rings (SSSR count). The second-order valence-corrected chi connectivity index (χ2v) is 7.09. The molecule has 0 N–H and O–H groups in total. The van der Waals surface area contributed by atoms with E-state index in [1.165, 1.54) is 33.5 Å². The minimum atomic E-state index is -0.415. The molecule has 154 valence electrons. The van der Waals surface area contributed by atoms with Gasteiger partial charge in [-0.1, -0.05) is 17.7 Å². The van der Waals surface area contributed by atoms with E-state index in [1.807, 2.05) is 0 Å². The Morgan fingerprint density at radius 1 is 1.14 bits per heavy atom. The van der Waals surface area contributed by atoms with E-state index in [-0.39, 0.29) is 18.5 Å². The number of methoxy groups -OCH3 is 3. The van der Waals surface area contributed by atoms with Crippen molar-refractivity contribution in [1.82, 2.24) is 4.90 Å². The number of carbonyl (C=O) groups is 1. The molecule has 29 heavy (non-hydrogen) atoms. The van der Waals surface area contributed by atoms with Crippen molar-refractivity contribution in [2.45, 2.75) is 25.4 Å². The highest BCUT2D eigenvalue weighted by Gasteiger charge is 2.32. The first kappa shape index (κ1) is 21.0. The molecule has 0 spiro atoms. The van der Waals surface area contributed by atoms with E-state index in [2.05, 4.69) is 0 Å². The summed E-state index contributed by atoms with van der Waals surface area (Å²) in [4.78, 5) is 14.5. The van der Waals surface area contributed by atoms with Gasteiger partial charge in [-0.15, -0.1) is 0 Å². The van der Waals surface area contributed by atoms with Crippen LogP contribution in [0.4, 0.5) is 4.39 Å². The van der Waals surface area contributed by atoms with Crippen molar-refractivity contribution in [2.75, 3.05) is 21.3 Å². The predicted molar refractivity (Wildman–Crippen MR) is 110 cm³/mol. The summed E-state index contributed by atoms with van der Waals surface area (Å²) in [7, 11) is 4.62. The van der Waals surface area contributed by atoms with Gasteiger partial charge in [0.25, 0.3) is 0 Å². The molecule has 0 heterocycles. The van der Waals surface area contributed by atoms with Crippen molar-refractivity contribution >= 4 is 23.6 Å². The maximum absolute atomic E-state index is 14.2. The lowest BCUT2D eigenvalue weighted by Gasteiger charge is -2.22. The molecule has 0 unspecified atom stereocenters. The Hall–Kier alpha value is -2.73. The number of rotatable bonds is 8. The molecule has 0 radical (unpaired) electrons. The molecule has 2 aromatic rings. The number of hydrogen-bond donors (Lipinski definition) is 0. The van der Waals surface area contributed by atoms with Gasteiger partial charge in [0, 0.05) is 34.3 Å². The minimum Gasteiger partial charge on any atom is -0.496 e. The van der Waals surface area contributed by atoms with Crippen LogP contribution in [0.2, 0.25) is 5.02 Å². The van der Waals surface area contributed by atoms with Gasteiger partial charge >= 0.3 is 0 Å². The van der Waals surface area contributed by atoms with Crippen LogP contribution in [0.25, 0.3) is 6.08 Å². The summed E-state index contributed by atoms with van der Waals surface area (Å²) in [6.45, 7) is 0.127. The molecule has 0 saturated heterocycles. The van der Waals surface area contributed by atoms with Crippen LogP contribution in [0, 0.1) is 5.82 Å². The summed E-state index contributed by atoms with van der Waals surface area (Å²) in [6, 6.07) is 8.04. The molecular weight excluding hydrogens is 397 g/mol. The van der Waals surface area contributed by atoms with Crippen molar-refractivity contribution in [3.8, 4) is 17.2 Å². The molecule has 5 nitrogen and oxygen atoms in total. The van der Waals surface area contributed by atoms with Crippen molar-refractivity contribution in [3.63, 3.8) is 0 Å². The molecule has 7 heteroatoms. The number of halogens is 2. The van der Waals surface area contributed by atoms with Crippen molar-refractivity contribution in [2.24, 2.45) is 0 Å². The van der Waals surface area contributed by atoms with E-state index in [1.54, 1.807) is 35.2 Å². The van der Waals surface area contributed by atoms with E-state index >= 15 is 0 Å². The van der Waals surface area contributed by atoms with E-state index in [0.717, 1.165) is 12.8 Å². The Morgan fingerprint density at radius 2 is 1.79 bits per heavy atom. The fourth-order valence-corrected chi connectivity index (χ4v) is 3.29. The van der Waals surface area contributed by atoms with Gasteiger partial charge in [0.15, 0.2) is 11.5 Å². The number of amides is 1. The normalized spacial score (nSPS) is 13.4. The third kappa shape index (κ3) is 4.82. The van der Waals surface area contributed by atoms with Crippen LogP contribution in [0.3, 0.4) is 0 Å². The van der Waals surface area contributed by atoms with Gasteiger partial charge < -0.3 is 19.1 Å². The maximum atomic E-state index is 14.2. The monoisotopic (exact) mass is 419 g/mol. The van der Waals surface area contributed by atoms with Gasteiger partial charge in [0.1, 0.15) is 11.6 Å². The van der Waals surface area contributed by atoms with E-state index < -0.39 is 5.82 Å². The van der Waals surface area contributed by atoms with Gasteiger partial charge in [0.2, 0.25) is 5.91 Å². The maximum Gasteiger partial charge on any atom is 0.247 e. The lowest BCUT2D eigenvalue weighted by atomic mass is 10.1. The molecule has 0 aromatic heterocycles. The Labute approximate surface area is 174 Å². The van der Waals surface area contributed by atoms with Crippen LogP contribution >= 0.6 is 11.6 Å². The molecular formula is C22H23ClFNO4. The average molecular weight is 420 g/mol. The van der Waals surface area contributed by atoms with Gasteiger partial charge in [0.05, 0.1) is 27.9 Å². The number of nitrogens with zero attached hydrogens (tertiary/aromatic N) is 1. The number of hydrogen-bond acceptors (Lipinski definition) is 4. The molecule has 0 aliphatic heterocycles. The summed E-state index contributed by atoms with van der Waals surface area (Å²) in [5, 5.41) is 0.314. The Morgan fingerprint density at radius 3 is 2.38 bits per heavy atom. The number of ether oxygens (including phenoxy) is 3. The Bertz CT molecular complexity index is 907. The van der Waals surface area contributed by atoms with Crippen molar-refractivity contribution < 1.29 is 23.4 Å². The second kappa shape index (κ2) is 9.18. The third-order valence-electron chi connectivity index (χ3n) is 4.80. The fraction of sp³-hybridized carbons (Fsp3) is 0.318. The van der Waals surface area contributed by atoms with E-state index in [9.17, 15) is 9.18 Å². The smallest absolute Gasteiger partial charge is 0.247 e. The van der Waals surface area contributed by atoms with Crippen LogP contribution in [0.15, 0.2) is 36.4 Å². The number of benzene rings is 2. The Balaban J connectivity index is 1.84. The summed E-state index contributed by atoms with van der Waals surface area (Å²) < 4.78 is 30.2. The topological polar surface area (TPSA) is 48.0 Å². The zero-order valence-corrected chi connectivity index (χ0v) is 17.3. The Kier molecular flexibility index (Phi) is 6.64. The van der Waals surface area contributed by atoms with Crippen molar-refractivity contribution in [1.29, 1.82) is 0 Å². The van der Waals surface area contributed by atoms with Crippen LogP contribution in [-0.2, 0) is 11.3 Å². The van der Waals surface area contributed by atoms with Crippen LogP contribution in [0.1, 0.15) is 24.0 Å². The van der Waals surface area contributed by atoms with Crippen LogP contribution in [-0.4, -0.2) is 38.2 Å². The summed E-state index contributed by atoms with van der Waals surface area (Å²) in [6.07, 6.45) is 4.90. The largest absolute Gasteiger partial charge is 0.496 e. The molecule has 2 aromatic carbocycles. The minimum absolute atomic E-state index is 0.0927. The molecule has 1 amide bonds. The second-order valence-electron chi connectivity index (χ2n) is 6.68. The van der Waals surface area contributed by atoms with Crippen LogP contribution < -0.4 is 14.2 Å². The van der Waals surface area contributed by atoms with Gasteiger partial charge in [-0.25, -0.2) is 4.39 Å². The summed E-state index contributed by atoms with van der Waals surface area (Å²) in [5.74, 6) is 0.964. The highest BCUT2D eigenvalue weighted by molar-refractivity contribution is 6.31. The molecule has 1 aliphatic carbocycles. The fourth-order valence-electron chi connectivity index (χ4n) is 3.07. The third-order valence-corrected chi connectivity index (χ3v) is 5.16. The zero-order valence-electron chi connectivity index (χ0n) is 16.6. The first-order valence-electron chi connectivity index (χ1n) is 9.20. The van der Waals surface area contributed by atoms with Gasteiger partial charge in [-0.2, -0.15) is 0 Å². The molecule has 1 fully saturated rings. The molecule has 0 bridgehead atoms.